The van der Waals surface area contributed by atoms with Gasteiger partial charge in [0.25, 0.3) is 0 Å². The van der Waals surface area contributed by atoms with Crippen LogP contribution in [0.15, 0.2) is 12.4 Å². The molecule has 0 radical (unpaired) electrons. The van der Waals surface area contributed by atoms with E-state index < -0.39 is 5.60 Å². The summed E-state index contributed by atoms with van der Waals surface area (Å²) in [6.07, 6.45) is 3.56. The number of nitrogens with zero attached hydrogens (tertiary/aromatic N) is 3. The van der Waals surface area contributed by atoms with Crippen molar-refractivity contribution < 1.29 is 14.3 Å². The molecule has 2 rings (SSSR count). The van der Waals surface area contributed by atoms with Crippen LogP contribution < -0.4 is 4.90 Å². The molecule has 0 saturated carbocycles. The van der Waals surface area contributed by atoms with Gasteiger partial charge in [0.2, 0.25) is 5.95 Å². The van der Waals surface area contributed by atoms with E-state index in [-0.39, 0.29) is 12.4 Å². The van der Waals surface area contributed by atoms with Crippen molar-refractivity contribution in [2.24, 2.45) is 0 Å². The van der Waals surface area contributed by atoms with Crippen molar-refractivity contribution in [3.8, 4) is 0 Å². The molecule has 0 bridgehead atoms. The second-order valence-electron chi connectivity index (χ2n) is 5.75. The molecule has 1 fully saturated rings. The van der Waals surface area contributed by atoms with Crippen molar-refractivity contribution in [3.05, 3.63) is 18.0 Å². The van der Waals surface area contributed by atoms with Gasteiger partial charge in [-0.1, -0.05) is 0 Å². The van der Waals surface area contributed by atoms with Crippen LogP contribution in [0.3, 0.4) is 0 Å². The normalized spacial score (nSPS) is 16.1. The fraction of sp³-hybridized carbons (Fsp3) is 0.643. The maximum absolute atomic E-state index is 11.7. The minimum Gasteiger partial charge on any atom is -0.460 e. The summed E-state index contributed by atoms with van der Waals surface area (Å²) in [5.41, 5.74) is 0.294. The summed E-state index contributed by atoms with van der Waals surface area (Å²) in [5, 5.41) is 0. The number of carbonyl (C=O) groups is 1. The van der Waals surface area contributed by atoms with Crippen molar-refractivity contribution in [1.29, 1.82) is 0 Å². The lowest BCUT2D eigenvalue weighted by Gasteiger charge is -2.26. The Hall–Kier alpha value is -1.69. The molecule has 0 spiro atoms. The number of hydrogen-bond acceptors (Lipinski definition) is 6. The fourth-order valence-corrected chi connectivity index (χ4v) is 1.91. The SMILES string of the molecule is CC(C)(C)OC(=O)Cc1cnc(N2CCOCC2)nc1. The Labute approximate surface area is 119 Å². The average molecular weight is 279 g/mol. The predicted molar refractivity (Wildman–Crippen MR) is 74.6 cm³/mol. The first-order chi connectivity index (χ1) is 9.44. The summed E-state index contributed by atoms with van der Waals surface area (Å²) in [4.78, 5) is 22.4. The molecule has 1 aliphatic heterocycles. The van der Waals surface area contributed by atoms with Gasteiger partial charge >= 0.3 is 5.97 Å². The summed E-state index contributed by atoms with van der Waals surface area (Å²) >= 11 is 0. The van der Waals surface area contributed by atoms with Crippen molar-refractivity contribution >= 4 is 11.9 Å². The molecular formula is C14H21N3O3. The van der Waals surface area contributed by atoms with E-state index in [1.165, 1.54) is 0 Å². The number of rotatable bonds is 3. The largest absolute Gasteiger partial charge is 0.460 e. The summed E-state index contributed by atoms with van der Waals surface area (Å²) in [6.45, 7) is 8.54. The van der Waals surface area contributed by atoms with Crippen LogP contribution in [0.2, 0.25) is 0 Å². The second-order valence-corrected chi connectivity index (χ2v) is 5.75. The van der Waals surface area contributed by atoms with Gasteiger partial charge in [-0.2, -0.15) is 0 Å². The molecule has 0 amide bonds. The van der Waals surface area contributed by atoms with E-state index in [2.05, 4.69) is 14.9 Å². The van der Waals surface area contributed by atoms with Gasteiger partial charge in [0.05, 0.1) is 19.6 Å². The molecule has 1 aliphatic rings. The minimum absolute atomic E-state index is 0.195. The average Bonchev–Trinajstić information content (AvgIpc) is 2.38. The van der Waals surface area contributed by atoms with Crippen LogP contribution in [0.5, 0.6) is 0 Å². The predicted octanol–water partition coefficient (Wildman–Crippen LogP) is 1.20. The molecule has 1 saturated heterocycles. The zero-order valence-electron chi connectivity index (χ0n) is 12.3. The third kappa shape index (κ3) is 4.45. The van der Waals surface area contributed by atoms with Gasteiger partial charge in [0, 0.05) is 31.0 Å². The lowest BCUT2D eigenvalue weighted by atomic mass is 10.2. The number of esters is 1. The van der Waals surface area contributed by atoms with Crippen LogP contribution in [-0.4, -0.2) is 47.8 Å². The fourth-order valence-electron chi connectivity index (χ4n) is 1.91. The molecule has 0 aromatic carbocycles. The molecule has 0 unspecified atom stereocenters. The number of anilines is 1. The van der Waals surface area contributed by atoms with Gasteiger partial charge in [0.15, 0.2) is 0 Å². The van der Waals surface area contributed by atoms with E-state index in [4.69, 9.17) is 9.47 Å². The quantitative estimate of drug-likeness (QED) is 0.775. The molecule has 6 heteroatoms. The highest BCUT2D eigenvalue weighted by Crippen LogP contribution is 2.12. The van der Waals surface area contributed by atoms with Crippen molar-refractivity contribution in [3.63, 3.8) is 0 Å². The Morgan fingerprint density at radius 3 is 2.45 bits per heavy atom. The topological polar surface area (TPSA) is 64.5 Å². The molecule has 6 nitrogen and oxygen atoms in total. The molecule has 1 aromatic heterocycles. The number of hydrogen-bond donors (Lipinski definition) is 0. The third-order valence-electron chi connectivity index (χ3n) is 2.75. The number of morpholine rings is 1. The Morgan fingerprint density at radius 2 is 1.90 bits per heavy atom. The monoisotopic (exact) mass is 279 g/mol. The Morgan fingerprint density at radius 1 is 1.30 bits per heavy atom. The maximum Gasteiger partial charge on any atom is 0.310 e. The van der Waals surface area contributed by atoms with Crippen LogP contribution in [-0.2, 0) is 20.7 Å². The molecule has 0 N–H and O–H groups in total. The molecular weight excluding hydrogens is 258 g/mol. The maximum atomic E-state index is 11.7. The Balaban J connectivity index is 1.92. The van der Waals surface area contributed by atoms with E-state index >= 15 is 0 Å². The number of carbonyl (C=O) groups excluding carboxylic acids is 1. The summed E-state index contributed by atoms with van der Waals surface area (Å²) in [6, 6.07) is 0. The van der Waals surface area contributed by atoms with E-state index in [9.17, 15) is 4.79 Å². The lowest BCUT2D eigenvalue weighted by Crippen LogP contribution is -2.37. The van der Waals surface area contributed by atoms with Crippen molar-refractivity contribution in [1.82, 2.24) is 9.97 Å². The highest BCUT2D eigenvalue weighted by molar-refractivity contribution is 5.72. The van der Waals surface area contributed by atoms with Gasteiger partial charge in [-0.15, -0.1) is 0 Å². The highest BCUT2D eigenvalue weighted by atomic mass is 16.6. The van der Waals surface area contributed by atoms with Crippen LogP contribution in [0.4, 0.5) is 5.95 Å². The highest BCUT2D eigenvalue weighted by Gasteiger charge is 2.17. The van der Waals surface area contributed by atoms with Gasteiger partial charge in [-0.3, -0.25) is 4.79 Å². The van der Waals surface area contributed by atoms with Gasteiger partial charge in [-0.05, 0) is 20.8 Å². The van der Waals surface area contributed by atoms with Crippen molar-refractivity contribution in [2.75, 3.05) is 31.2 Å². The Bertz CT molecular complexity index is 448. The molecule has 0 atom stereocenters. The van der Waals surface area contributed by atoms with E-state index in [0.29, 0.717) is 19.2 Å². The smallest absolute Gasteiger partial charge is 0.310 e. The summed E-state index contributed by atoms with van der Waals surface area (Å²) in [7, 11) is 0. The molecule has 1 aromatic rings. The van der Waals surface area contributed by atoms with Crippen LogP contribution >= 0.6 is 0 Å². The van der Waals surface area contributed by atoms with E-state index in [1.54, 1.807) is 12.4 Å². The van der Waals surface area contributed by atoms with Crippen molar-refractivity contribution in [2.45, 2.75) is 32.8 Å². The summed E-state index contributed by atoms with van der Waals surface area (Å²) < 4.78 is 10.6. The minimum atomic E-state index is -0.467. The zero-order valence-corrected chi connectivity index (χ0v) is 12.3. The molecule has 0 aliphatic carbocycles. The standard InChI is InChI=1S/C14H21N3O3/c1-14(2,3)20-12(18)8-11-9-15-13(16-10-11)17-4-6-19-7-5-17/h9-10H,4-8H2,1-3H3. The molecule has 20 heavy (non-hydrogen) atoms. The van der Waals surface area contributed by atoms with Crippen LogP contribution in [0, 0.1) is 0 Å². The van der Waals surface area contributed by atoms with Gasteiger partial charge in [0.1, 0.15) is 5.60 Å². The first-order valence-corrected chi connectivity index (χ1v) is 6.79. The number of ether oxygens (including phenoxy) is 2. The van der Waals surface area contributed by atoms with Gasteiger partial charge < -0.3 is 14.4 Å². The first-order valence-electron chi connectivity index (χ1n) is 6.79. The lowest BCUT2D eigenvalue weighted by molar-refractivity contribution is -0.153. The second kappa shape index (κ2) is 6.17. The molecule has 2 heterocycles. The Kier molecular flexibility index (Phi) is 4.54. The van der Waals surface area contributed by atoms with E-state index in [0.717, 1.165) is 18.7 Å². The van der Waals surface area contributed by atoms with Crippen LogP contribution in [0.1, 0.15) is 26.3 Å². The number of aromatic nitrogens is 2. The van der Waals surface area contributed by atoms with Crippen LogP contribution in [0.25, 0.3) is 0 Å². The van der Waals surface area contributed by atoms with E-state index in [1.807, 2.05) is 20.8 Å². The summed E-state index contributed by atoms with van der Waals surface area (Å²) in [5.74, 6) is 0.418. The third-order valence-corrected chi connectivity index (χ3v) is 2.75. The van der Waals surface area contributed by atoms with Gasteiger partial charge in [-0.25, -0.2) is 9.97 Å². The zero-order chi connectivity index (χ0) is 14.6. The first kappa shape index (κ1) is 14.7. The molecule has 110 valence electrons.